The molecule has 2 rings (SSSR count). The number of rotatable bonds is 7. The van der Waals surface area contributed by atoms with Crippen molar-refractivity contribution < 1.29 is 9.72 Å². The number of hydrogen-bond acceptors (Lipinski definition) is 6. The molecule has 2 aromatic rings. The summed E-state index contributed by atoms with van der Waals surface area (Å²) in [7, 11) is 0. The predicted octanol–water partition coefficient (Wildman–Crippen LogP) is 2.72. The number of para-hydroxylation sites is 1. The van der Waals surface area contributed by atoms with Crippen LogP contribution in [0.4, 0.5) is 5.69 Å². The van der Waals surface area contributed by atoms with Crippen molar-refractivity contribution in [1.29, 1.82) is 0 Å². The molecule has 114 valence electrons. The zero-order valence-electron chi connectivity index (χ0n) is 11.9. The Kier molecular flexibility index (Phi) is 5.05. The molecule has 0 spiro atoms. The fourth-order valence-corrected chi connectivity index (χ4v) is 2.62. The first-order chi connectivity index (χ1) is 10.5. The second kappa shape index (κ2) is 6.99. The Bertz CT molecular complexity index is 727. The number of benzene rings is 1. The molecule has 0 aliphatic heterocycles. The number of nitrogens with zero attached hydrogens (tertiary/aromatic N) is 4. The third-order valence-corrected chi connectivity index (χ3v) is 3.89. The molecule has 1 aromatic carbocycles. The number of Topliss-reactive ketones (excluding diaryl/α,β-unsaturated/α-hetero) is 1. The molecule has 0 saturated heterocycles. The van der Waals surface area contributed by atoms with E-state index in [0.717, 1.165) is 0 Å². The largest absolute Gasteiger partial charge is 0.299 e. The van der Waals surface area contributed by atoms with Crippen molar-refractivity contribution >= 4 is 23.2 Å². The van der Waals surface area contributed by atoms with Gasteiger partial charge in [-0.1, -0.05) is 30.0 Å². The van der Waals surface area contributed by atoms with Gasteiger partial charge in [-0.2, -0.15) is 0 Å². The minimum Gasteiger partial charge on any atom is -0.299 e. The highest BCUT2D eigenvalue weighted by atomic mass is 32.2. The van der Waals surface area contributed by atoms with Gasteiger partial charge in [-0.3, -0.25) is 19.5 Å². The molecule has 0 unspecified atom stereocenters. The molecular formula is C14H14N4O3S. The molecule has 0 aliphatic rings. The molecule has 8 heteroatoms. The first kappa shape index (κ1) is 15.9. The summed E-state index contributed by atoms with van der Waals surface area (Å²) < 4.78 is 1.71. The van der Waals surface area contributed by atoms with E-state index in [1.54, 1.807) is 28.8 Å². The standard InChI is InChI=1S/C14H14N4O3S/c1-3-8-17-13(15-16-14(17)22-9-10(2)19)11-6-4-5-7-12(11)18(20)21/h3-7H,1,8-9H2,2H3. The Balaban J connectivity index is 2.49. The Morgan fingerprint density at radius 1 is 1.45 bits per heavy atom. The lowest BCUT2D eigenvalue weighted by Crippen LogP contribution is -2.03. The van der Waals surface area contributed by atoms with Crippen LogP contribution in [-0.2, 0) is 11.3 Å². The molecule has 0 aliphatic carbocycles. The van der Waals surface area contributed by atoms with Crippen molar-refractivity contribution in [1.82, 2.24) is 14.8 Å². The molecular weight excluding hydrogens is 304 g/mol. The smallest absolute Gasteiger partial charge is 0.280 e. The lowest BCUT2D eigenvalue weighted by molar-refractivity contribution is -0.384. The maximum atomic E-state index is 11.2. The van der Waals surface area contributed by atoms with Gasteiger partial charge in [0.1, 0.15) is 5.78 Å². The van der Waals surface area contributed by atoms with Crippen LogP contribution >= 0.6 is 11.8 Å². The summed E-state index contributed by atoms with van der Waals surface area (Å²) in [6.45, 7) is 5.57. The van der Waals surface area contributed by atoms with Crippen LogP contribution in [0.1, 0.15) is 6.92 Å². The molecule has 1 heterocycles. The van der Waals surface area contributed by atoms with Crippen molar-refractivity contribution in [3.63, 3.8) is 0 Å². The van der Waals surface area contributed by atoms with E-state index in [1.165, 1.54) is 24.8 Å². The third-order valence-electron chi connectivity index (χ3n) is 2.77. The average Bonchev–Trinajstić information content (AvgIpc) is 2.88. The van der Waals surface area contributed by atoms with Crippen molar-refractivity contribution in [2.45, 2.75) is 18.6 Å². The van der Waals surface area contributed by atoms with E-state index in [-0.39, 0.29) is 17.2 Å². The van der Waals surface area contributed by atoms with E-state index in [9.17, 15) is 14.9 Å². The van der Waals surface area contributed by atoms with Gasteiger partial charge in [-0.05, 0) is 13.0 Å². The van der Waals surface area contributed by atoms with Gasteiger partial charge in [0.05, 0.1) is 16.2 Å². The summed E-state index contributed by atoms with van der Waals surface area (Å²) in [6.07, 6.45) is 1.65. The van der Waals surface area contributed by atoms with Gasteiger partial charge in [-0.15, -0.1) is 16.8 Å². The van der Waals surface area contributed by atoms with E-state index < -0.39 is 4.92 Å². The molecule has 0 fully saturated rings. The molecule has 0 amide bonds. The van der Waals surface area contributed by atoms with Gasteiger partial charge < -0.3 is 0 Å². The van der Waals surface area contributed by atoms with E-state index in [1.807, 2.05) is 0 Å². The van der Waals surface area contributed by atoms with Gasteiger partial charge in [0.25, 0.3) is 5.69 Å². The second-order valence-electron chi connectivity index (χ2n) is 4.47. The second-order valence-corrected chi connectivity index (χ2v) is 5.41. The summed E-state index contributed by atoms with van der Waals surface area (Å²) in [5.41, 5.74) is 0.347. The van der Waals surface area contributed by atoms with Gasteiger partial charge in [-0.25, -0.2) is 0 Å². The van der Waals surface area contributed by atoms with Crippen molar-refractivity contribution in [2.75, 3.05) is 5.75 Å². The normalized spacial score (nSPS) is 10.4. The summed E-state index contributed by atoms with van der Waals surface area (Å²) in [6, 6.07) is 6.35. The number of carbonyl (C=O) groups excluding carboxylic acids is 1. The molecule has 22 heavy (non-hydrogen) atoms. The number of aromatic nitrogens is 3. The first-order valence-electron chi connectivity index (χ1n) is 6.44. The molecule has 0 saturated carbocycles. The fourth-order valence-electron chi connectivity index (χ4n) is 1.88. The third kappa shape index (κ3) is 3.40. The highest BCUT2D eigenvalue weighted by Gasteiger charge is 2.21. The number of carbonyl (C=O) groups is 1. The number of ketones is 1. The molecule has 0 bridgehead atoms. The summed E-state index contributed by atoms with van der Waals surface area (Å²) >= 11 is 1.25. The van der Waals surface area contributed by atoms with Crippen LogP contribution in [-0.4, -0.2) is 31.2 Å². The molecule has 0 radical (unpaired) electrons. The van der Waals surface area contributed by atoms with Crippen LogP contribution in [0.3, 0.4) is 0 Å². The minimum atomic E-state index is -0.454. The number of nitro groups is 1. The molecule has 0 atom stereocenters. The maximum absolute atomic E-state index is 11.2. The Hall–Kier alpha value is -2.48. The van der Waals surface area contributed by atoms with Crippen LogP contribution in [0.15, 0.2) is 42.1 Å². The number of hydrogen-bond donors (Lipinski definition) is 0. The van der Waals surface area contributed by atoms with Crippen LogP contribution in [0, 0.1) is 10.1 Å². The van der Waals surface area contributed by atoms with E-state index in [4.69, 9.17) is 0 Å². The Morgan fingerprint density at radius 3 is 2.82 bits per heavy atom. The molecule has 0 N–H and O–H groups in total. The lowest BCUT2D eigenvalue weighted by atomic mass is 10.1. The zero-order chi connectivity index (χ0) is 16.1. The van der Waals surface area contributed by atoms with Crippen LogP contribution in [0.25, 0.3) is 11.4 Å². The fraction of sp³-hybridized carbons (Fsp3) is 0.214. The first-order valence-corrected chi connectivity index (χ1v) is 7.43. The van der Waals surface area contributed by atoms with Gasteiger partial charge >= 0.3 is 0 Å². The number of thioether (sulfide) groups is 1. The summed E-state index contributed by atoms with van der Waals surface area (Å²) in [5, 5.41) is 19.8. The number of allylic oxidation sites excluding steroid dienone is 1. The topological polar surface area (TPSA) is 90.9 Å². The quantitative estimate of drug-likeness (QED) is 0.337. The van der Waals surface area contributed by atoms with Crippen molar-refractivity contribution in [3.8, 4) is 11.4 Å². The van der Waals surface area contributed by atoms with E-state index >= 15 is 0 Å². The van der Waals surface area contributed by atoms with Gasteiger partial charge in [0, 0.05) is 12.6 Å². The van der Waals surface area contributed by atoms with Gasteiger partial charge in [0.2, 0.25) is 0 Å². The summed E-state index contributed by atoms with van der Waals surface area (Å²) in [5.74, 6) is 0.676. The lowest BCUT2D eigenvalue weighted by Gasteiger charge is -2.07. The SMILES string of the molecule is C=CCn1c(SCC(C)=O)nnc1-c1ccccc1[N+](=O)[O-]. The predicted molar refractivity (Wildman–Crippen MR) is 83.7 cm³/mol. The maximum Gasteiger partial charge on any atom is 0.280 e. The number of nitro benzene ring substituents is 1. The minimum absolute atomic E-state index is 0.0189. The van der Waals surface area contributed by atoms with Crippen molar-refractivity contribution in [2.24, 2.45) is 0 Å². The average molecular weight is 318 g/mol. The van der Waals surface area contributed by atoms with E-state index in [0.29, 0.717) is 23.1 Å². The molecule has 1 aromatic heterocycles. The molecule has 7 nitrogen and oxygen atoms in total. The van der Waals surface area contributed by atoms with Crippen LogP contribution in [0.2, 0.25) is 0 Å². The van der Waals surface area contributed by atoms with E-state index in [2.05, 4.69) is 16.8 Å². The van der Waals surface area contributed by atoms with Gasteiger partial charge in [0.15, 0.2) is 11.0 Å². The van der Waals surface area contributed by atoms with Crippen molar-refractivity contribution in [3.05, 3.63) is 47.0 Å². The summed E-state index contributed by atoms with van der Waals surface area (Å²) in [4.78, 5) is 21.8. The Labute approximate surface area is 131 Å². The monoisotopic (exact) mass is 318 g/mol. The van der Waals surface area contributed by atoms with Crippen LogP contribution < -0.4 is 0 Å². The Morgan fingerprint density at radius 2 is 2.18 bits per heavy atom. The van der Waals surface area contributed by atoms with Crippen LogP contribution in [0.5, 0.6) is 0 Å². The highest BCUT2D eigenvalue weighted by molar-refractivity contribution is 7.99. The zero-order valence-corrected chi connectivity index (χ0v) is 12.7. The highest BCUT2D eigenvalue weighted by Crippen LogP contribution is 2.30.